The lowest BCUT2D eigenvalue weighted by Crippen LogP contribution is -2.33. The lowest BCUT2D eigenvalue weighted by molar-refractivity contribution is 0.116. The largest absolute Gasteiger partial charge is 0.489 e. The summed E-state index contributed by atoms with van der Waals surface area (Å²) in [6.45, 7) is 15.7. The Bertz CT molecular complexity index is 1220. The second kappa shape index (κ2) is 13.9. The average molecular weight is 541 g/mol. The molecular weight excluding hydrogens is 492 g/mol. The molecule has 0 aliphatic heterocycles. The minimum Gasteiger partial charge on any atom is -0.489 e. The summed E-state index contributed by atoms with van der Waals surface area (Å²) in [6.07, 6.45) is 28.8. The molecule has 2 saturated carbocycles. The highest BCUT2D eigenvalue weighted by molar-refractivity contribution is 5.38. The highest BCUT2D eigenvalue weighted by atomic mass is 16.5. The SMILES string of the molecule is C=C(/C(C)=C/C=C(\C)OC12C=C(OCc3ccnc(C)c3)C=CC1C2)N(/C(=C/C=C/C)CC)C1CCCCCC1. The lowest BCUT2D eigenvalue weighted by atomic mass is 10.0. The van der Waals surface area contributed by atoms with Crippen molar-refractivity contribution >= 4 is 0 Å². The molecule has 0 bridgehead atoms. The lowest BCUT2D eigenvalue weighted by Gasteiger charge is -2.37. The molecule has 2 unspecified atom stereocenters. The summed E-state index contributed by atoms with van der Waals surface area (Å²) in [6, 6.07) is 4.57. The Morgan fingerprint density at radius 3 is 2.62 bits per heavy atom. The van der Waals surface area contributed by atoms with Gasteiger partial charge in [-0.15, -0.1) is 0 Å². The zero-order chi connectivity index (χ0) is 28.5. The zero-order valence-corrected chi connectivity index (χ0v) is 25.3. The van der Waals surface area contributed by atoms with Crippen LogP contribution in [0.2, 0.25) is 0 Å². The number of pyridine rings is 1. The van der Waals surface area contributed by atoms with Crippen molar-refractivity contribution in [2.75, 3.05) is 0 Å². The van der Waals surface area contributed by atoms with Gasteiger partial charge in [0.05, 0.1) is 5.76 Å². The molecule has 214 valence electrons. The molecule has 4 rings (SSSR count). The van der Waals surface area contributed by atoms with Crippen LogP contribution >= 0.6 is 0 Å². The van der Waals surface area contributed by atoms with Gasteiger partial charge in [-0.05, 0) is 88.5 Å². The smallest absolute Gasteiger partial charge is 0.138 e. The summed E-state index contributed by atoms with van der Waals surface area (Å²) < 4.78 is 12.7. The second-order valence-corrected chi connectivity index (χ2v) is 11.5. The number of allylic oxidation sites excluding steroid dienone is 9. The van der Waals surface area contributed by atoms with E-state index in [1.807, 2.05) is 19.2 Å². The Morgan fingerprint density at radius 1 is 1.15 bits per heavy atom. The quantitative estimate of drug-likeness (QED) is 0.150. The van der Waals surface area contributed by atoms with Crippen molar-refractivity contribution in [3.8, 4) is 0 Å². The Kier molecular flexibility index (Phi) is 10.3. The molecule has 0 amide bonds. The predicted molar refractivity (Wildman–Crippen MR) is 166 cm³/mol. The number of hydrogen-bond acceptors (Lipinski definition) is 4. The maximum atomic E-state index is 6.53. The van der Waals surface area contributed by atoms with Gasteiger partial charge in [-0.1, -0.05) is 63.5 Å². The molecule has 1 aromatic rings. The van der Waals surface area contributed by atoms with Crippen LogP contribution in [0, 0.1) is 12.8 Å². The summed E-state index contributed by atoms with van der Waals surface area (Å²) in [5.74, 6) is 2.18. The fourth-order valence-electron chi connectivity index (χ4n) is 5.86. The molecule has 0 saturated heterocycles. The van der Waals surface area contributed by atoms with E-state index in [2.05, 4.69) is 98.8 Å². The molecule has 0 aromatic carbocycles. The van der Waals surface area contributed by atoms with Crippen LogP contribution in [0.5, 0.6) is 0 Å². The molecule has 2 fully saturated rings. The molecule has 4 nitrogen and oxygen atoms in total. The molecule has 0 radical (unpaired) electrons. The number of fused-ring (bicyclic) bond motifs is 1. The molecule has 0 spiro atoms. The summed E-state index contributed by atoms with van der Waals surface area (Å²) in [5.41, 5.74) is 5.44. The minimum absolute atomic E-state index is 0.297. The van der Waals surface area contributed by atoms with E-state index in [1.54, 1.807) is 0 Å². The van der Waals surface area contributed by atoms with Crippen LogP contribution in [-0.4, -0.2) is 21.5 Å². The topological polar surface area (TPSA) is 34.6 Å². The Hall–Kier alpha value is -3.27. The number of ether oxygens (including phenoxy) is 2. The molecule has 3 aliphatic rings. The van der Waals surface area contributed by atoms with Crippen LogP contribution < -0.4 is 0 Å². The molecular formula is C36H48N2O2. The van der Waals surface area contributed by atoms with E-state index in [0.717, 1.165) is 41.3 Å². The van der Waals surface area contributed by atoms with Crippen LogP contribution in [0.15, 0.2) is 102 Å². The third-order valence-electron chi connectivity index (χ3n) is 8.26. The highest BCUT2D eigenvalue weighted by Gasteiger charge is 2.55. The van der Waals surface area contributed by atoms with Gasteiger partial charge in [-0.3, -0.25) is 4.98 Å². The van der Waals surface area contributed by atoms with Gasteiger partial charge < -0.3 is 14.4 Å². The first kappa shape index (κ1) is 29.7. The number of rotatable bonds is 12. The van der Waals surface area contributed by atoms with Crippen molar-refractivity contribution in [3.63, 3.8) is 0 Å². The van der Waals surface area contributed by atoms with E-state index in [4.69, 9.17) is 9.47 Å². The van der Waals surface area contributed by atoms with Crippen molar-refractivity contribution < 1.29 is 9.47 Å². The van der Waals surface area contributed by atoms with Crippen LogP contribution in [0.4, 0.5) is 0 Å². The molecule has 1 heterocycles. The molecule has 4 heteroatoms. The van der Waals surface area contributed by atoms with Crippen LogP contribution in [0.3, 0.4) is 0 Å². The zero-order valence-electron chi connectivity index (χ0n) is 25.3. The maximum Gasteiger partial charge on any atom is 0.138 e. The summed E-state index contributed by atoms with van der Waals surface area (Å²) in [5, 5.41) is 0. The van der Waals surface area contributed by atoms with Gasteiger partial charge in [0.15, 0.2) is 0 Å². The molecule has 40 heavy (non-hydrogen) atoms. The standard InChI is InChI=1S/C36H48N2O2/c1-7-9-14-33(8-2)38(34-15-12-10-11-13-16-34)30(6)27(3)17-18-29(5)40-36-24-32(36)19-20-35(25-36)39-26-31-21-22-37-28(4)23-31/h7,9,14,17-23,25,32,34H,6,8,10-13,15-16,24,26H2,1-5H3/b9-7+,27-17+,29-18+,33-14+. The Morgan fingerprint density at radius 2 is 1.93 bits per heavy atom. The fourth-order valence-corrected chi connectivity index (χ4v) is 5.86. The van der Waals surface area contributed by atoms with Gasteiger partial charge in [0.1, 0.15) is 18.0 Å². The van der Waals surface area contributed by atoms with E-state index in [9.17, 15) is 0 Å². The fraction of sp³-hybridized carbons (Fsp3) is 0.472. The van der Waals surface area contributed by atoms with Crippen LogP contribution in [0.25, 0.3) is 0 Å². The molecule has 0 N–H and O–H groups in total. The van der Waals surface area contributed by atoms with Crippen molar-refractivity contribution in [2.45, 2.75) is 104 Å². The summed E-state index contributed by atoms with van der Waals surface area (Å²) in [4.78, 5) is 6.80. The van der Waals surface area contributed by atoms with E-state index < -0.39 is 0 Å². The normalized spacial score (nSPS) is 23.9. The van der Waals surface area contributed by atoms with E-state index in [0.29, 0.717) is 18.6 Å². The highest BCUT2D eigenvalue weighted by Crippen LogP contribution is 2.53. The number of aryl methyl sites for hydroxylation is 1. The van der Waals surface area contributed by atoms with Crippen LogP contribution in [0.1, 0.15) is 90.3 Å². The maximum absolute atomic E-state index is 6.53. The number of hydrogen-bond donors (Lipinski definition) is 0. The van der Waals surface area contributed by atoms with Crippen LogP contribution in [-0.2, 0) is 16.1 Å². The third-order valence-corrected chi connectivity index (χ3v) is 8.26. The van der Waals surface area contributed by atoms with Crippen molar-refractivity contribution in [3.05, 3.63) is 113 Å². The van der Waals surface area contributed by atoms with Gasteiger partial charge in [0.2, 0.25) is 0 Å². The molecule has 3 aliphatic carbocycles. The van der Waals surface area contributed by atoms with Crippen molar-refractivity contribution in [2.24, 2.45) is 5.92 Å². The van der Waals surface area contributed by atoms with Gasteiger partial charge in [0.25, 0.3) is 0 Å². The van der Waals surface area contributed by atoms with Gasteiger partial charge >= 0.3 is 0 Å². The van der Waals surface area contributed by atoms with Gasteiger partial charge in [-0.2, -0.15) is 0 Å². The molecule has 1 aromatic heterocycles. The average Bonchev–Trinajstić information content (AvgIpc) is 3.71. The van der Waals surface area contributed by atoms with E-state index >= 15 is 0 Å². The van der Waals surface area contributed by atoms with Crippen molar-refractivity contribution in [1.29, 1.82) is 0 Å². The first-order valence-corrected chi connectivity index (χ1v) is 15.1. The second-order valence-electron chi connectivity index (χ2n) is 11.5. The Balaban J connectivity index is 1.44. The van der Waals surface area contributed by atoms with Gasteiger partial charge in [0, 0.05) is 47.7 Å². The third kappa shape index (κ3) is 7.68. The number of nitrogens with zero attached hydrogens (tertiary/aromatic N) is 2. The van der Waals surface area contributed by atoms with Crippen molar-refractivity contribution in [1.82, 2.24) is 9.88 Å². The van der Waals surface area contributed by atoms with E-state index in [1.165, 1.54) is 49.8 Å². The Labute approximate surface area is 242 Å². The molecule has 2 atom stereocenters. The summed E-state index contributed by atoms with van der Waals surface area (Å²) >= 11 is 0. The van der Waals surface area contributed by atoms with Gasteiger partial charge in [-0.25, -0.2) is 0 Å². The van der Waals surface area contributed by atoms with E-state index in [-0.39, 0.29) is 5.60 Å². The first-order valence-electron chi connectivity index (χ1n) is 15.1. The number of aromatic nitrogens is 1. The monoisotopic (exact) mass is 540 g/mol. The predicted octanol–water partition coefficient (Wildman–Crippen LogP) is 9.39. The minimum atomic E-state index is -0.297. The summed E-state index contributed by atoms with van der Waals surface area (Å²) in [7, 11) is 0. The first-order chi connectivity index (χ1) is 19.3.